The smallest absolute Gasteiger partial charge is 0.188 e. The van der Waals surface area contributed by atoms with Gasteiger partial charge in [-0.15, -0.1) is 0 Å². The Morgan fingerprint density at radius 2 is 1.97 bits per heavy atom. The Kier molecular flexibility index (Phi) is 7.42. The van der Waals surface area contributed by atoms with Gasteiger partial charge in [0, 0.05) is 75.9 Å². The molecule has 0 amide bonds. The average molecular weight is 511 g/mol. The molecule has 0 unspecified atom stereocenters. The van der Waals surface area contributed by atoms with Crippen molar-refractivity contribution in [1.29, 1.82) is 5.26 Å². The summed E-state index contributed by atoms with van der Waals surface area (Å²) < 4.78 is 7.03. The van der Waals surface area contributed by atoms with E-state index in [9.17, 15) is 5.26 Å². The first-order chi connectivity index (χ1) is 18.6. The van der Waals surface area contributed by atoms with Crippen molar-refractivity contribution < 1.29 is 4.74 Å². The highest BCUT2D eigenvalue weighted by Gasteiger charge is 2.21. The van der Waals surface area contributed by atoms with Crippen molar-refractivity contribution >= 4 is 17.3 Å². The van der Waals surface area contributed by atoms with Crippen LogP contribution in [0, 0.1) is 11.3 Å². The van der Waals surface area contributed by atoms with Crippen molar-refractivity contribution in [3.63, 3.8) is 0 Å². The van der Waals surface area contributed by atoms with Crippen LogP contribution in [0.5, 0.6) is 0 Å². The SMILES string of the molecule is COC1=NC(CN2CCN(c3ccc(-c4nc(-c5cnn(C)c5)cnc4C(C#N)=CN)cn3)CC2)=CCC1. The maximum absolute atomic E-state index is 9.58. The number of hydrogen-bond acceptors (Lipinski definition) is 10. The largest absolute Gasteiger partial charge is 0.484 e. The third-order valence-corrected chi connectivity index (χ3v) is 6.66. The van der Waals surface area contributed by atoms with Gasteiger partial charge in [0.25, 0.3) is 0 Å². The molecule has 194 valence electrons. The zero-order valence-electron chi connectivity index (χ0n) is 21.6. The number of rotatable bonds is 6. The number of ether oxygens (including phenoxy) is 1. The zero-order valence-corrected chi connectivity index (χ0v) is 21.6. The van der Waals surface area contributed by atoms with E-state index in [0.29, 0.717) is 17.1 Å². The van der Waals surface area contributed by atoms with Gasteiger partial charge in [-0.2, -0.15) is 10.4 Å². The van der Waals surface area contributed by atoms with Crippen molar-refractivity contribution in [3.05, 3.63) is 60.6 Å². The van der Waals surface area contributed by atoms with Gasteiger partial charge in [-0.1, -0.05) is 6.08 Å². The minimum Gasteiger partial charge on any atom is -0.484 e. The molecule has 0 atom stereocenters. The summed E-state index contributed by atoms with van der Waals surface area (Å²) in [7, 11) is 3.53. The highest BCUT2D eigenvalue weighted by molar-refractivity contribution is 5.84. The Balaban J connectivity index is 1.32. The fraction of sp³-hybridized carbons (Fsp3) is 0.333. The summed E-state index contributed by atoms with van der Waals surface area (Å²) in [6.45, 7) is 4.42. The van der Waals surface area contributed by atoms with Crippen molar-refractivity contribution in [2.24, 2.45) is 17.8 Å². The topological polar surface area (TPSA) is 134 Å². The molecule has 3 aromatic heterocycles. The van der Waals surface area contributed by atoms with E-state index in [1.165, 1.54) is 6.20 Å². The molecule has 5 heterocycles. The van der Waals surface area contributed by atoms with Crippen LogP contribution in [0.15, 0.2) is 59.9 Å². The number of anilines is 1. The third kappa shape index (κ3) is 5.40. The first kappa shape index (κ1) is 25.1. The van der Waals surface area contributed by atoms with Gasteiger partial charge in [-0.3, -0.25) is 14.6 Å². The summed E-state index contributed by atoms with van der Waals surface area (Å²) in [5.74, 6) is 1.71. The number of aliphatic imine (C=N–C) groups is 1. The van der Waals surface area contributed by atoms with E-state index < -0.39 is 0 Å². The van der Waals surface area contributed by atoms with E-state index >= 15 is 0 Å². The van der Waals surface area contributed by atoms with E-state index in [0.717, 1.165) is 74.1 Å². The van der Waals surface area contributed by atoms with Crippen LogP contribution in [0.3, 0.4) is 0 Å². The fourth-order valence-corrected chi connectivity index (χ4v) is 4.60. The van der Waals surface area contributed by atoms with E-state index in [-0.39, 0.29) is 5.57 Å². The van der Waals surface area contributed by atoms with Gasteiger partial charge in [-0.05, 0) is 18.6 Å². The average Bonchev–Trinajstić information content (AvgIpc) is 3.41. The number of pyridine rings is 1. The molecule has 0 spiro atoms. The van der Waals surface area contributed by atoms with Gasteiger partial charge < -0.3 is 15.4 Å². The van der Waals surface area contributed by atoms with Crippen molar-refractivity contribution in [2.45, 2.75) is 12.8 Å². The highest BCUT2D eigenvalue weighted by atomic mass is 16.5. The Morgan fingerprint density at radius 3 is 2.63 bits per heavy atom. The van der Waals surface area contributed by atoms with Gasteiger partial charge >= 0.3 is 0 Å². The number of hydrogen-bond donors (Lipinski definition) is 1. The number of nitrogens with two attached hydrogens (primary N) is 1. The molecule has 5 rings (SSSR count). The van der Waals surface area contributed by atoms with Gasteiger partial charge in [-0.25, -0.2) is 15.0 Å². The Morgan fingerprint density at radius 1 is 1.13 bits per heavy atom. The monoisotopic (exact) mass is 510 g/mol. The Hall–Kier alpha value is -4.56. The summed E-state index contributed by atoms with van der Waals surface area (Å²) >= 11 is 0. The van der Waals surface area contributed by atoms with Crippen molar-refractivity contribution in [1.82, 2.24) is 29.6 Å². The van der Waals surface area contributed by atoms with Crippen LogP contribution in [-0.4, -0.2) is 75.4 Å². The van der Waals surface area contributed by atoms with Crippen LogP contribution in [0.25, 0.3) is 28.1 Å². The molecule has 1 fully saturated rings. The van der Waals surface area contributed by atoms with Gasteiger partial charge in [0.15, 0.2) is 5.90 Å². The summed E-state index contributed by atoms with van der Waals surface area (Å²) in [4.78, 5) is 23.4. The molecule has 0 bridgehead atoms. The number of aryl methyl sites for hydroxylation is 1. The molecule has 0 aliphatic carbocycles. The second-order valence-electron chi connectivity index (χ2n) is 9.16. The van der Waals surface area contributed by atoms with E-state index in [1.54, 1.807) is 30.4 Å². The van der Waals surface area contributed by atoms with Crippen LogP contribution in [0.2, 0.25) is 0 Å². The number of nitrogens with zero attached hydrogens (tertiary/aromatic N) is 9. The van der Waals surface area contributed by atoms with Crippen LogP contribution in [0.4, 0.5) is 5.82 Å². The number of allylic oxidation sites excluding steroid dienone is 2. The predicted molar refractivity (Wildman–Crippen MR) is 146 cm³/mol. The van der Waals surface area contributed by atoms with Gasteiger partial charge in [0.05, 0.1) is 42.2 Å². The molecule has 2 N–H and O–H groups in total. The molecular formula is C27H30N10O. The minimum absolute atomic E-state index is 0.250. The minimum atomic E-state index is 0.250. The molecule has 2 aliphatic heterocycles. The lowest BCUT2D eigenvalue weighted by molar-refractivity contribution is 0.275. The maximum atomic E-state index is 9.58. The molecular weight excluding hydrogens is 480 g/mol. The molecule has 1 saturated heterocycles. The van der Waals surface area contributed by atoms with E-state index in [1.807, 2.05) is 25.4 Å². The van der Waals surface area contributed by atoms with Crippen LogP contribution >= 0.6 is 0 Å². The fourth-order valence-electron chi connectivity index (χ4n) is 4.60. The second-order valence-corrected chi connectivity index (χ2v) is 9.16. The van der Waals surface area contributed by atoms with Crippen LogP contribution in [0.1, 0.15) is 18.5 Å². The lowest BCUT2D eigenvalue weighted by Gasteiger charge is -2.35. The summed E-state index contributed by atoms with van der Waals surface area (Å²) in [5.41, 5.74) is 10.3. The van der Waals surface area contributed by atoms with Gasteiger partial charge in [0.1, 0.15) is 17.6 Å². The molecule has 0 radical (unpaired) electrons. The third-order valence-electron chi connectivity index (χ3n) is 6.66. The first-order valence-electron chi connectivity index (χ1n) is 12.5. The molecule has 0 aromatic carbocycles. The molecule has 2 aliphatic rings. The number of nitriles is 1. The number of aromatic nitrogens is 5. The Labute approximate surface area is 221 Å². The molecule has 0 saturated carbocycles. The lowest BCUT2D eigenvalue weighted by atomic mass is 10.1. The molecule has 3 aromatic rings. The number of piperazine rings is 1. The van der Waals surface area contributed by atoms with Crippen molar-refractivity contribution in [2.75, 3.05) is 44.7 Å². The van der Waals surface area contributed by atoms with Crippen molar-refractivity contribution in [3.8, 4) is 28.6 Å². The summed E-state index contributed by atoms with van der Waals surface area (Å²) in [5, 5.41) is 13.8. The predicted octanol–water partition coefficient (Wildman–Crippen LogP) is 2.61. The van der Waals surface area contributed by atoms with Crippen LogP contribution < -0.4 is 10.6 Å². The quantitative estimate of drug-likeness (QED) is 0.497. The highest BCUT2D eigenvalue weighted by Crippen LogP contribution is 2.29. The second kappa shape index (κ2) is 11.2. The summed E-state index contributed by atoms with van der Waals surface area (Å²) in [6, 6.07) is 6.07. The standard InChI is InChI=1S/C27H30N10O/c1-35-17-21(15-32-35)23-16-31-26(20(12-28)13-29)27(34-23)19-6-7-24(30-14-19)37-10-8-36(9-11-37)18-22-4-3-5-25(33-22)38-2/h4,6-7,12,14-17H,3,5,8-11,18,28H2,1-2H3. The molecule has 38 heavy (non-hydrogen) atoms. The Bertz CT molecular complexity index is 1420. The lowest BCUT2D eigenvalue weighted by Crippen LogP contribution is -2.47. The molecule has 11 heteroatoms. The van der Waals surface area contributed by atoms with Crippen LogP contribution in [-0.2, 0) is 11.8 Å². The van der Waals surface area contributed by atoms with Gasteiger partial charge in [0.2, 0.25) is 0 Å². The van der Waals surface area contributed by atoms with E-state index in [2.05, 4.69) is 37.0 Å². The maximum Gasteiger partial charge on any atom is 0.188 e. The normalized spacial score (nSPS) is 16.6. The first-order valence-corrected chi connectivity index (χ1v) is 12.5. The zero-order chi connectivity index (χ0) is 26.5. The molecule has 11 nitrogen and oxygen atoms in total. The van der Waals surface area contributed by atoms with E-state index in [4.69, 9.17) is 20.4 Å². The summed E-state index contributed by atoms with van der Waals surface area (Å²) in [6.07, 6.45) is 12.3. The number of methoxy groups -OCH3 is 1.